The third-order valence-corrected chi connectivity index (χ3v) is 13.1. The Morgan fingerprint density at radius 2 is 0.807 bits per heavy atom. The maximum Gasteiger partial charge on any atom is 0.252 e. The van der Waals surface area contributed by atoms with Crippen molar-refractivity contribution in [1.29, 1.82) is 0 Å². The molecule has 10 nitrogen and oxygen atoms in total. The first-order chi connectivity index (χ1) is 27.4. The number of aryl methyl sites for hydroxylation is 2. The number of amides is 2. The van der Waals surface area contributed by atoms with Crippen LogP contribution >= 0.6 is 11.8 Å². The molecule has 6 rings (SSSR count). The molecule has 0 spiro atoms. The van der Waals surface area contributed by atoms with Crippen molar-refractivity contribution in [3.05, 3.63) is 191 Å². The second-order valence-electron chi connectivity index (χ2n) is 13.3. The van der Waals surface area contributed by atoms with Gasteiger partial charge in [0.05, 0.1) is 33.0 Å². The highest BCUT2D eigenvalue weighted by atomic mass is 32.2. The fourth-order valence-corrected chi connectivity index (χ4v) is 9.11. The van der Waals surface area contributed by atoms with Crippen LogP contribution in [-0.4, -0.2) is 41.7 Å². The molecule has 0 aromatic heterocycles. The summed E-state index contributed by atoms with van der Waals surface area (Å²) in [6, 6.07) is 43.8. The lowest BCUT2D eigenvalue weighted by Crippen LogP contribution is -2.38. The summed E-state index contributed by atoms with van der Waals surface area (Å²) in [6.45, 7) is 3.54. The molecule has 57 heavy (non-hydrogen) atoms. The second kappa shape index (κ2) is 18.6. The summed E-state index contributed by atoms with van der Waals surface area (Å²) in [5.41, 5.74) is 3.93. The third-order valence-electron chi connectivity index (χ3n) is 9.12. The van der Waals surface area contributed by atoms with E-state index in [0.29, 0.717) is 32.0 Å². The summed E-state index contributed by atoms with van der Waals surface area (Å²) in [4.78, 5) is 29.4. The number of carbonyl (C=O) groups is 2. The van der Waals surface area contributed by atoms with Gasteiger partial charge in [0, 0.05) is 22.9 Å². The lowest BCUT2D eigenvalue weighted by molar-refractivity contribution is 0.0926. The molecule has 6 aromatic rings. The zero-order valence-corrected chi connectivity index (χ0v) is 33.7. The molecule has 0 bridgehead atoms. The number of nitrogens with one attached hydrogen (secondary N) is 4. The minimum absolute atomic E-state index is 0.103. The number of carbonyl (C=O) groups excluding carboxylic acids is 2. The number of sulfonamides is 2. The molecule has 0 aliphatic carbocycles. The molecule has 0 aliphatic heterocycles. The van der Waals surface area contributed by atoms with E-state index in [-0.39, 0.29) is 22.9 Å². The molecule has 4 N–H and O–H groups in total. The standard InChI is InChI=1S/C44H42N4O6S3/c1-31-21-25-35(26-22-31)56(51,52)45-29-39(33-13-5-3-6-14-33)47-43(49)37-17-9-11-19-41(37)55-42-20-12-10-18-38(42)44(50)48-40(34-15-7-4-8-16-34)30-46-57(53,54)36-27-23-32(2)24-28-36/h3-28,39-40,45-46H,29-30H2,1-2H3,(H,47,49)(H,48,50)/t39-,40-/m1/s1. The predicted octanol–water partition coefficient (Wildman–Crippen LogP) is 7.35. The van der Waals surface area contributed by atoms with E-state index in [9.17, 15) is 26.4 Å². The van der Waals surface area contributed by atoms with Gasteiger partial charge >= 0.3 is 0 Å². The van der Waals surface area contributed by atoms with Crippen LogP contribution < -0.4 is 20.1 Å². The molecule has 0 radical (unpaired) electrons. The van der Waals surface area contributed by atoms with Crippen LogP contribution in [-0.2, 0) is 20.0 Å². The van der Waals surface area contributed by atoms with E-state index in [2.05, 4.69) is 20.1 Å². The van der Waals surface area contributed by atoms with Crippen LogP contribution in [0, 0.1) is 13.8 Å². The Morgan fingerprint density at radius 1 is 0.474 bits per heavy atom. The van der Waals surface area contributed by atoms with Crippen LogP contribution in [0.4, 0.5) is 0 Å². The summed E-state index contributed by atoms with van der Waals surface area (Å²) in [7, 11) is -7.74. The fraction of sp³-hybridized carbons (Fsp3) is 0.136. The fourth-order valence-electron chi connectivity index (χ4n) is 5.94. The Kier molecular flexibility index (Phi) is 13.4. The molecule has 13 heteroatoms. The predicted molar refractivity (Wildman–Crippen MR) is 223 cm³/mol. The molecule has 292 valence electrons. The average Bonchev–Trinajstić information content (AvgIpc) is 3.22. The van der Waals surface area contributed by atoms with E-state index in [1.54, 1.807) is 72.8 Å². The van der Waals surface area contributed by atoms with Gasteiger partial charge in [0.1, 0.15) is 0 Å². The normalized spacial score (nSPS) is 12.7. The van der Waals surface area contributed by atoms with Crippen LogP contribution in [0.15, 0.2) is 177 Å². The molecule has 0 aliphatic rings. The van der Waals surface area contributed by atoms with Crippen LogP contribution in [0.2, 0.25) is 0 Å². The van der Waals surface area contributed by atoms with Crippen molar-refractivity contribution < 1.29 is 26.4 Å². The zero-order chi connectivity index (χ0) is 40.4. The molecule has 0 unspecified atom stereocenters. The van der Waals surface area contributed by atoms with E-state index < -0.39 is 43.9 Å². The minimum Gasteiger partial charge on any atom is -0.344 e. The van der Waals surface area contributed by atoms with E-state index in [0.717, 1.165) is 11.1 Å². The monoisotopic (exact) mass is 818 g/mol. The van der Waals surface area contributed by atoms with Crippen molar-refractivity contribution in [3.63, 3.8) is 0 Å². The SMILES string of the molecule is Cc1ccc(S(=O)(=O)NC[C@@H](NC(=O)c2ccccc2Sc2ccccc2C(=O)N[C@H](CNS(=O)(=O)c2ccc(C)cc2)c2ccccc2)c2ccccc2)cc1. The Bertz CT molecular complexity index is 2360. The van der Waals surface area contributed by atoms with E-state index >= 15 is 0 Å². The number of hydrogen-bond donors (Lipinski definition) is 4. The summed E-state index contributed by atoms with van der Waals surface area (Å²) >= 11 is 1.23. The van der Waals surface area contributed by atoms with Gasteiger partial charge in [-0.05, 0) is 73.5 Å². The summed E-state index contributed by atoms with van der Waals surface area (Å²) in [5.74, 6) is -0.873. The van der Waals surface area contributed by atoms with Gasteiger partial charge in [0.25, 0.3) is 11.8 Å². The molecule has 2 atom stereocenters. The number of rotatable bonds is 16. The molecule has 6 aromatic carbocycles. The second-order valence-corrected chi connectivity index (χ2v) is 17.9. The topological polar surface area (TPSA) is 151 Å². The Morgan fingerprint density at radius 3 is 1.18 bits per heavy atom. The molecule has 2 amide bonds. The first-order valence-corrected chi connectivity index (χ1v) is 21.9. The van der Waals surface area contributed by atoms with Crippen molar-refractivity contribution in [2.24, 2.45) is 0 Å². The largest absolute Gasteiger partial charge is 0.344 e. The van der Waals surface area contributed by atoms with Gasteiger partial charge in [-0.15, -0.1) is 0 Å². The summed E-state index contributed by atoms with van der Waals surface area (Å²) < 4.78 is 58.0. The first-order valence-electron chi connectivity index (χ1n) is 18.1. The maximum absolute atomic E-state index is 14.0. The highest BCUT2D eigenvalue weighted by molar-refractivity contribution is 7.99. The lowest BCUT2D eigenvalue weighted by atomic mass is 10.1. The number of benzene rings is 6. The van der Waals surface area contributed by atoms with Crippen molar-refractivity contribution >= 4 is 43.6 Å². The van der Waals surface area contributed by atoms with Crippen LogP contribution in [0.25, 0.3) is 0 Å². The summed E-state index contributed by atoms with van der Waals surface area (Å²) in [5, 5.41) is 6.03. The Labute approximate surface area is 338 Å². The summed E-state index contributed by atoms with van der Waals surface area (Å²) in [6.07, 6.45) is 0. The van der Waals surface area contributed by atoms with Gasteiger partial charge in [0.2, 0.25) is 20.0 Å². The maximum atomic E-state index is 14.0. The first kappa shape index (κ1) is 41.1. The Hall–Kier alpha value is -5.57. The minimum atomic E-state index is -3.87. The van der Waals surface area contributed by atoms with Gasteiger partial charge in [-0.25, -0.2) is 26.3 Å². The van der Waals surface area contributed by atoms with Gasteiger partial charge < -0.3 is 10.6 Å². The van der Waals surface area contributed by atoms with E-state index in [1.165, 1.54) is 36.0 Å². The molecule has 0 heterocycles. The van der Waals surface area contributed by atoms with Crippen molar-refractivity contribution in [2.45, 2.75) is 45.5 Å². The lowest BCUT2D eigenvalue weighted by Gasteiger charge is -2.22. The van der Waals surface area contributed by atoms with Crippen LogP contribution in [0.1, 0.15) is 55.1 Å². The quantitative estimate of drug-likeness (QED) is 0.0798. The molecule has 0 fully saturated rings. The van der Waals surface area contributed by atoms with Gasteiger partial charge in [-0.1, -0.05) is 132 Å². The van der Waals surface area contributed by atoms with Crippen molar-refractivity contribution in [2.75, 3.05) is 13.1 Å². The van der Waals surface area contributed by atoms with E-state index in [4.69, 9.17) is 0 Å². The zero-order valence-electron chi connectivity index (χ0n) is 31.3. The van der Waals surface area contributed by atoms with Crippen LogP contribution in [0.5, 0.6) is 0 Å². The highest BCUT2D eigenvalue weighted by Crippen LogP contribution is 2.33. The van der Waals surface area contributed by atoms with Crippen molar-refractivity contribution in [1.82, 2.24) is 20.1 Å². The molecule has 0 saturated carbocycles. The van der Waals surface area contributed by atoms with Gasteiger partial charge in [-0.2, -0.15) is 0 Å². The Balaban J connectivity index is 1.20. The highest BCUT2D eigenvalue weighted by Gasteiger charge is 2.24. The van der Waals surface area contributed by atoms with Gasteiger partial charge in [0.15, 0.2) is 0 Å². The molecule has 0 saturated heterocycles. The third kappa shape index (κ3) is 10.8. The number of hydrogen-bond acceptors (Lipinski definition) is 7. The van der Waals surface area contributed by atoms with Gasteiger partial charge in [-0.3, -0.25) is 9.59 Å². The molecular weight excluding hydrogens is 777 g/mol. The van der Waals surface area contributed by atoms with E-state index in [1.807, 2.05) is 74.5 Å². The van der Waals surface area contributed by atoms with Crippen LogP contribution in [0.3, 0.4) is 0 Å². The average molecular weight is 819 g/mol. The molecular formula is C44H42N4O6S3. The van der Waals surface area contributed by atoms with Crippen molar-refractivity contribution in [3.8, 4) is 0 Å². The smallest absolute Gasteiger partial charge is 0.252 e.